The zero-order chi connectivity index (χ0) is 106. The van der Waals surface area contributed by atoms with Crippen molar-refractivity contribution in [3.05, 3.63) is 297 Å². The molecule has 5 aromatic carbocycles. The summed E-state index contributed by atoms with van der Waals surface area (Å²) in [6, 6.07) is 30.7. The Bertz CT molecular complexity index is 7450. The summed E-state index contributed by atoms with van der Waals surface area (Å²) in [5.41, 5.74) is 18.9. The van der Waals surface area contributed by atoms with E-state index in [1.807, 2.05) is 46.2 Å². The summed E-state index contributed by atoms with van der Waals surface area (Å²) in [6.45, 7) is 5.72. The van der Waals surface area contributed by atoms with Crippen LogP contribution in [0, 0.1) is 17.5 Å². The molecule has 0 saturated heterocycles. The van der Waals surface area contributed by atoms with E-state index in [0.717, 1.165) is 110 Å². The van der Waals surface area contributed by atoms with Gasteiger partial charge < -0.3 is 45.7 Å². The van der Waals surface area contributed by atoms with Crippen LogP contribution in [0.1, 0.15) is 150 Å². The van der Waals surface area contributed by atoms with Crippen LogP contribution in [0.2, 0.25) is 0 Å². The molecule has 5 aliphatic rings. The summed E-state index contributed by atoms with van der Waals surface area (Å²) < 4.78 is 192. The molecule has 11 amide bonds. The zero-order valence-corrected chi connectivity index (χ0v) is 86.2. The lowest BCUT2D eigenvalue weighted by molar-refractivity contribution is -0.127. The van der Waals surface area contributed by atoms with E-state index in [4.69, 9.17) is 14.2 Å². The quantitative estimate of drug-likeness (QED) is 0.0180. The van der Waals surface area contributed by atoms with Gasteiger partial charge in [-0.3, -0.25) is 29.7 Å². The van der Waals surface area contributed by atoms with Crippen LogP contribution in [0.5, 0.6) is 11.8 Å². The van der Waals surface area contributed by atoms with Gasteiger partial charge >= 0.3 is 30.2 Å². The van der Waals surface area contributed by atoms with Crippen molar-refractivity contribution in [3.63, 3.8) is 0 Å². The molecule has 0 bridgehead atoms. The highest BCUT2D eigenvalue weighted by molar-refractivity contribution is 7.90. The number of carbonyl (C=O) groups excluding carboxylic acids is 6. The van der Waals surface area contributed by atoms with Crippen LogP contribution in [0.4, 0.5) is 65.6 Å². The Morgan fingerprint density at radius 3 is 1.13 bits per heavy atom. The zero-order valence-electron chi connectivity index (χ0n) is 82.1. The second-order valence-corrected chi connectivity index (χ2v) is 44.4. The Balaban J connectivity index is 0.000000155. The van der Waals surface area contributed by atoms with E-state index in [-0.39, 0.29) is 65.9 Å². The highest BCUT2D eigenvalue weighted by Crippen LogP contribution is 2.45. The van der Waals surface area contributed by atoms with Gasteiger partial charge in [0.05, 0.1) is 65.7 Å². The summed E-state index contributed by atoms with van der Waals surface area (Å²) in [5.74, 6) is -2.22. The lowest BCUT2D eigenvalue weighted by Crippen LogP contribution is -2.37. The van der Waals surface area contributed by atoms with Crippen LogP contribution in [0.3, 0.4) is 0 Å². The number of carbonyl (C=O) groups is 6. The standard InChI is InChI=1S/C22H23FN4O4S.C22H22N4O4S.C21H19FN4O3S.C19H22FN3O4S.C19H27N3O4S/c1-14(2)18-10-17(23)11-19(16-6-8-25-20(9-16)31-3)21(18)26-22(28)27-32(29,30)13-15-5-4-7-24-12-15;1-30-20-12-17(9-11-24-20)19-8-7-16-5-2-6-18(16)21(19)25-22(27)26-31(28,29)14-15-4-3-10-23-13-15;22-19-11-18(15-6-9-23-10-7-15)20(17-5-1-4-16(17)19)25-21(27)26-30(28,29)13-14-3-2-8-24-12-14;1-27-10-3-11-28(25,26)23-19(24)22-18-15-5-2-4-14(15)17(20)12-16(18)13-6-8-21-9-7-13;1-13(23)22(2)10-5-11-27(25,26)21-19(24)20-18-16-8-3-6-14(16)12-15-7-4-9-17(15)18/h4-12,14H,13H2,1-3H3,(H2,26,27,28);3-4,7-13H,2,5-6,14H2,1H3,(H2,25,26,27);2-3,6-12H,1,4-5,13H2,(H2,25,26,27);6-9,12H,2-5,10-11H2,1H3,(H2,22,23,24);12H,3-11H2,1-2H3,(H2,20,21,24). The first-order valence-electron chi connectivity index (χ1n) is 47.3. The molecule has 0 spiro atoms. The molecule has 0 radical (unpaired) electrons. The highest BCUT2D eigenvalue weighted by Gasteiger charge is 2.33. The highest BCUT2D eigenvalue weighted by atomic mass is 32.2. The molecule has 5 aliphatic carbocycles. The van der Waals surface area contributed by atoms with Crippen LogP contribution in [0.25, 0.3) is 44.5 Å². The van der Waals surface area contributed by atoms with Crippen molar-refractivity contribution in [1.82, 2.24) is 63.4 Å². The van der Waals surface area contributed by atoms with Crippen LogP contribution >= 0.6 is 0 Å². The van der Waals surface area contributed by atoms with E-state index in [1.165, 1.54) is 106 Å². The third-order valence-electron chi connectivity index (χ3n) is 24.6. The van der Waals surface area contributed by atoms with Crippen molar-refractivity contribution in [1.29, 1.82) is 0 Å². The molecular weight excluding hydrogens is 2010 g/mol. The molecule has 7 heterocycles. The molecule has 0 saturated carbocycles. The van der Waals surface area contributed by atoms with Crippen LogP contribution in [-0.4, -0.2) is 171 Å². The molecule has 0 unspecified atom stereocenters. The maximum Gasteiger partial charge on any atom is 0.332 e. The minimum absolute atomic E-state index is 0.120. The number of pyridine rings is 7. The lowest BCUT2D eigenvalue weighted by Gasteiger charge is -2.19. The molecule has 0 atom stereocenters. The number of urea groups is 5. The number of nitrogens with zero attached hydrogens (tertiary/aromatic N) is 8. The van der Waals surface area contributed by atoms with Crippen LogP contribution in [0.15, 0.2) is 202 Å². The largest absolute Gasteiger partial charge is 0.481 e. The van der Waals surface area contributed by atoms with Crippen LogP contribution in [-0.2, 0) is 141 Å². The van der Waals surface area contributed by atoms with Crippen molar-refractivity contribution < 1.29 is 98.2 Å². The Labute approximate surface area is 856 Å². The molecule has 45 heteroatoms. The number of halogens is 3. The van der Waals surface area contributed by atoms with Gasteiger partial charge in [0.2, 0.25) is 67.8 Å². The van der Waals surface area contributed by atoms with E-state index in [0.29, 0.717) is 145 Å². The minimum Gasteiger partial charge on any atom is -0.481 e. The smallest absolute Gasteiger partial charge is 0.332 e. The Kier molecular flexibility index (Phi) is 37.6. The molecule has 0 fully saturated rings. The SMILES string of the molecule is CC(=O)N(C)CCCS(=O)(=O)NC(=O)Nc1c2c(cc3c1CCC3)CCC2.COCCCS(=O)(=O)NC(=O)Nc1c(-c2ccncc2)cc(F)c2c1CCC2.COc1cc(-c2cc(F)cc(C(C)C)c2NC(=O)NS(=O)(=O)Cc2cccnc2)ccn1.COc1cc(-c2ccc3c(c2NC(=O)NS(=O)(=O)Cc2cccnc2)CCC3)ccn1.O=C(Nc1c(-c2ccncc2)cc(F)c2c1CCC2)NS(=O)(=O)Cc1cccnc1. The molecular formula is C103H113F3N18O19S5. The Morgan fingerprint density at radius 2 is 0.723 bits per heavy atom. The number of aryl methyl sites for hydroxylation is 3. The molecule has 7 aromatic heterocycles. The average Bonchev–Trinajstić information content (AvgIpc) is 1.54. The number of benzene rings is 5. The molecule has 0 aliphatic heterocycles. The van der Waals surface area contributed by atoms with Gasteiger partial charge in [-0.15, -0.1) is 0 Å². The Morgan fingerprint density at radius 1 is 0.365 bits per heavy atom. The average molecular weight is 2120 g/mol. The van der Waals surface area contributed by atoms with E-state index < -0.39 is 91.8 Å². The van der Waals surface area contributed by atoms with Crippen molar-refractivity contribution in [3.8, 4) is 56.3 Å². The van der Waals surface area contributed by atoms with Crippen LogP contribution < -0.4 is 59.7 Å². The maximum atomic E-state index is 14.6. The molecule has 12 aromatic rings. The predicted octanol–water partition coefficient (Wildman–Crippen LogP) is 15.6. The van der Waals surface area contributed by atoms with E-state index in [9.17, 15) is 84.0 Å². The number of ether oxygens (including phenoxy) is 3. The van der Waals surface area contributed by atoms with Crippen molar-refractivity contribution in [2.75, 3.05) is 79.6 Å². The van der Waals surface area contributed by atoms with Gasteiger partial charge in [-0.05, 0) is 294 Å². The summed E-state index contributed by atoms with van der Waals surface area (Å²) in [6.07, 6.45) is 31.5. The van der Waals surface area contributed by atoms with Gasteiger partial charge in [-0.2, -0.15) is 0 Å². The number of aromatic nitrogens is 7. The first-order valence-corrected chi connectivity index (χ1v) is 55.6. The number of hydrogen-bond acceptors (Lipinski definition) is 26. The predicted molar refractivity (Wildman–Crippen MR) is 556 cm³/mol. The number of amides is 11. The normalized spacial score (nSPS) is 13.0. The maximum absolute atomic E-state index is 14.6. The van der Waals surface area contributed by atoms with Crippen molar-refractivity contribution >= 4 is 115 Å². The van der Waals surface area contributed by atoms with Crippen molar-refractivity contribution in [2.45, 2.75) is 153 Å². The number of nitrogens with one attached hydrogen (secondary N) is 10. The number of sulfonamides is 5. The first-order chi connectivity index (χ1) is 70.7. The van der Waals surface area contributed by atoms with Gasteiger partial charge in [-0.1, -0.05) is 50.2 Å². The molecule has 37 nitrogen and oxygen atoms in total. The van der Waals surface area contributed by atoms with E-state index in [1.54, 1.807) is 123 Å². The number of methoxy groups -OCH3 is 3. The third kappa shape index (κ3) is 30.6. The van der Waals surface area contributed by atoms with Crippen molar-refractivity contribution in [2.24, 2.45) is 0 Å². The van der Waals surface area contributed by atoms with Gasteiger partial charge in [-0.25, -0.2) is 113 Å². The third-order valence-corrected chi connectivity index (χ3v) is 30.9. The number of rotatable bonds is 31. The van der Waals surface area contributed by atoms with E-state index in [2.05, 4.69) is 77.0 Å². The fourth-order valence-corrected chi connectivity index (χ4v) is 22.8. The summed E-state index contributed by atoms with van der Waals surface area (Å²) in [7, 11) is -13.3. The van der Waals surface area contributed by atoms with Gasteiger partial charge in [0.1, 0.15) is 17.5 Å². The Hall–Kier alpha value is -14.9. The fourth-order valence-electron chi connectivity index (χ4n) is 17.9. The summed E-state index contributed by atoms with van der Waals surface area (Å²) in [4.78, 5) is 103. The van der Waals surface area contributed by atoms with E-state index >= 15 is 0 Å². The minimum atomic E-state index is -3.99. The monoisotopic (exact) mass is 2120 g/mol. The number of anilines is 5. The lowest BCUT2D eigenvalue weighted by atomic mass is 9.94. The molecule has 10 N–H and O–H groups in total. The molecule has 17 rings (SSSR count). The second-order valence-electron chi connectivity index (χ2n) is 35.5. The number of fused-ring (bicyclic) bond motifs is 5. The molecule has 148 heavy (non-hydrogen) atoms. The van der Waals surface area contributed by atoms with Gasteiger partial charge in [0, 0.05) is 149 Å². The van der Waals surface area contributed by atoms with Gasteiger partial charge in [0.25, 0.3) is 0 Å². The topological polar surface area (TPSA) is 515 Å². The molecule has 780 valence electrons. The summed E-state index contributed by atoms with van der Waals surface area (Å²) >= 11 is 0. The van der Waals surface area contributed by atoms with Gasteiger partial charge in [0.15, 0.2) is 0 Å². The second kappa shape index (κ2) is 50.4. The summed E-state index contributed by atoms with van der Waals surface area (Å²) in [5, 5.41) is 13.5. The number of hydrogen-bond donors (Lipinski definition) is 10. The fraction of sp³-hybridized carbons (Fsp3) is 0.311. The first kappa shape index (κ1) is 110.